The second-order valence-electron chi connectivity index (χ2n) is 6.02. The molecule has 2 aromatic heterocycles. The van der Waals surface area contributed by atoms with Crippen molar-refractivity contribution in [1.82, 2.24) is 19.2 Å². The Kier molecular flexibility index (Phi) is 3.29. The zero-order chi connectivity index (χ0) is 16.1. The molecule has 4 rings (SSSR count). The quantitative estimate of drug-likeness (QED) is 0.823. The van der Waals surface area contributed by atoms with Crippen molar-refractivity contribution in [3.8, 4) is 0 Å². The number of likely N-dealkylation sites (tertiary alicyclic amines) is 1. The number of aromatic nitrogens is 2. The minimum atomic E-state index is -0.887. The van der Waals surface area contributed by atoms with Crippen molar-refractivity contribution in [3.05, 3.63) is 34.7 Å². The summed E-state index contributed by atoms with van der Waals surface area (Å²) >= 11 is 3.39. The topological polar surface area (TPSA) is 78.2 Å². The highest BCUT2D eigenvalue weighted by molar-refractivity contribution is 9.10. The molecule has 2 bridgehead atoms. The van der Waals surface area contributed by atoms with Crippen molar-refractivity contribution < 1.29 is 14.7 Å². The number of rotatable bonds is 1. The van der Waals surface area contributed by atoms with Crippen LogP contribution in [0, 0.1) is 0 Å². The van der Waals surface area contributed by atoms with Gasteiger partial charge in [0.05, 0.1) is 12.1 Å². The van der Waals surface area contributed by atoms with E-state index >= 15 is 0 Å². The lowest BCUT2D eigenvalue weighted by atomic mass is 10.2. The number of fused-ring (bicyclic) bond motifs is 3. The summed E-state index contributed by atoms with van der Waals surface area (Å²) in [4.78, 5) is 31.7. The smallest absolute Gasteiger partial charge is 0.407 e. The Bertz CT molecular complexity index is 791. The summed E-state index contributed by atoms with van der Waals surface area (Å²) in [5, 5.41) is 9.28. The third kappa shape index (κ3) is 2.37. The van der Waals surface area contributed by atoms with E-state index in [1.54, 1.807) is 15.5 Å². The molecule has 7 nitrogen and oxygen atoms in total. The minimum absolute atomic E-state index is 0.0959. The van der Waals surface area contributed by atoms with Crippen molar-refractivity contribution in [1.29, 1.82) is 0 Å². The summed E-state index contributed by atoms with van der Waals surface area (Å²) < 4.78 is 2.71. The number of halogens is 1. The highest BCUT2D eigenvalue weighted by atomic mass is 79.9. The molecular weight excluding hydrogens is 364 g/mol. The van der Waals surface area contributed by atoms with Crippen LogP contribution in [0.4, 0.5) is 4.79 Å². The molecule has 2 aliphatic rings. The van der Waals surface area contributed by atoms with Gasteiger partial charge < -0.3 is 14.4 Å². The van der Waals surface area contributed by atoms with Gasteiger partial charge >= 0.3 is 6.09 Å². The monoisotopic (exact) mass is 378 g/mol. The number of hydrogen-bond acceptors (Lipinski definition) is 3. The fourth-order valence-electron chi connectivity index (χ4n) is 3.60. The molecule has 120 valence electrons. The van der Waals surface area contributed by atoms with Crippen molar-refractivity contribution in [2.24, 2.45) is 0 Å². The summed E-state index contributed by atoms with van der Waals surface area (Å²) in [6.45, 7) is 0.887. The average molecular weight is 379 g/mol. The second kappa shape index (κ2) is 5.23. The normalized spacial score (nSPS) is 23.5. The van der Waals surface area contributed by atoms with E-state index in [-0.39, 0.29) is 18.0 Å². The lowest BCUT2D eigenvalue weighted by Gasteiger charge is -2.39. The standard InChI is InChI=1S/C15H15BrN4O3/c16-9-3-4-18-8-12(17-13(18)5-9)14(21)19-6-10-1-2-11(7-19)20(10)15(22)23/h3-5,8,10-11H,1-2,6-7H2,(H,22,23). The Labute approximate surface area is 140 Å². The van der Waals surface area contributed by atoms with Crippen LogP contribution in [0.5, 0.6) is 0 Å². The van der Waals surface area contributed by atoms with E-state index < -0.39 is 6.09 Å². The Hall–Kier alpha value is -2.09. The van der Waals surface area contributed by atoms with Crippen LogP contribution in [-0.2, 0) is 0 Å². The Morgan fingerprint density at radius 1 is 1.26 bits per heavy atom. The van der Waals surface area contributed by atoms with Crippen LogP contribution in [0.3, 0.4) is 0 Å². The third-order valence-electron chi connectivity index (χ3n) is 4.63. The van der Waals surface area contributed by atoms with Gasteiger partial charge in [0.15, 0.2) is 0 Å². The second-order valence-corrected chi connectivity index (χ2v) is 6.94. The van der Waals surface area contributed by atoms with Gasteiger partial charge in [-0.1, -0.05) is 15.9 Å². The molecule has 4 heterocycles. The molecule has 2 atom stereocenters. The molecule has 0 aromatic carbocycles. The zero-order valence-corrected chi connectivity index (χ0v) is 13.8. The van der Waals surface area contributed by atoms with Crippen molar-refractivity contribution in [3.63, 3.8) is 0 Å². The zero-order valence-electron chi connectivity index (χ0n) is 12.2. The molecule has 2 aliphatic heterocycles. The predicted molar refractivity (Wildman–Crippen MR) is 85.5 cm³/mol. The fraction of sp³-hybridized carbons (Fsp3) is 0.400. The maximum atomic E-state index is 12.7. The van der Waals surface area contributed by atoms with Crippen molar-refractivity contribution >= 4 is 33.6 Å². The molecule has 2 amide bonds. The van der Waals surface area contributed by atoms with E-state index in [9.17, 15) is 14.7 Å². The lowest BCUT2D eigenvalue weighted by molar-refractivity contribution is 0.0444. The molecule has 8 heteroatoms. The van der Waals surface area contributed by atoms with Crippen LogP contribution in [0.2, 0.25) is 0 Å². The fourth-order valence-corrected chi connectivity index (χ4v) is 3.93. The number of carboxylic acid groups (broad SMARTS) is 1. The van der Waals surface area contributed by atoms with Gasteiger partial charge in [-0.05, 0) is 25.0 Å². The number of amides is 2. The van der Waals surface area contributed by atoms with E-state index in [0.29, 0.717) is 24.4 Å². The number of hydrogen-bond donors (Lipinski definition) is 1. The highest BCUT2D eigenvalue weighted by Gasteiger charge is 2.44. The summed E-state index contributed by atoms with van der Waals surface area (Å²) in [7, 11) is 0. The first-order chi connectivity index (χ1) is 11.0. The van der Waals surface area contributed by atoms with Gasteiger partial charge in [0.2, 0.25) is 0 Å². The first kappa shape index (κ1) is 14.5. The molecule has 0 saturated carbocycles. The average Bonchev–Trinajstić information content (AvgIpc) is 3.04. The Morgan fingerprint density at radius 2 is 1.96 bits per heavy atom. The van der Waals surface area contributed by atoms with Gasteiger partial charge in [-0.25, -0.2) is 9.78 Å². The molecule has 2 fully saturated rings. The van der Waals surface area contributed by atoms with Crippen molar-refractivity contribution in [2.75, 3.05) is 13.1 Å². The molecule has 2 unspecified atom stereocenters. The Morgan fingerprint density at radius 3 is 2.61 bits per heavy atom. The molecule has 23 heavy (non-hydrogen) atoms. The first-order valence-electron chi connectivity index (χ1n) is 7.48. The number of nitrogens with zero attached hydrogens (tertiary/aromatic N) is 4. The maximum absolute atomic E-state index is 12.7. The highest BCUT2D eigenvalue weighted by Crippen LogP contribution is 2.30. The number of piperazine rings is 1. The summed E-state index contributed by atoms with van der Waals surface area (Å²) in [6, 6.07) is 3.54. The van der Waals surface area contributed by atoms with Gasteiger partial charge in [0.25, 0.3) is 5.91 Å². The van der Waals surface area contributed by atoms with E-state index in [2.05, 4.69) is 20.9 Å². The maximum Gasteiger partial charge on any atom is 0.407 e. The SMILES string of the molecule is O=C(c1cn2ccc(Br)cc2n1)N1CC2CCC(C1)N2C(=O)O. The summed E-state index contributed by atoms with van der Waals surface area (Å²) in [5.41, 5.74) is 1.10. The van der Waals surface area contributed by atoms with Crippen LogP contribution < -0.4 is 0 Å². The van der Waals surface area contributed by atoms with Crippen LogP contribution in [0.15, 0.2) is 29.0 Å². The first-order valence-corrected chi connectivity index (χ1v) is 8.27. The molecule has 0 aliphatic carbocycles. The number of imidazole rings is 1. The number of pyridine rings is 1. The van der Waals surface area contributed by atoms with Gasteiger partial charge in [0.1, 0.15) is 11.3 Å². The molecule has 2 saturated heterocycles. The van der Waals surface area contributed by atoms with Gasteiger partial charge in [-0.2, -0.15) is 0 Å². The molecule has 0 radical (unpaired) electrons. The van der Waals surface area contributed by atoms with Crippen LogP contribution in [-0.4, -0.2) is 61.5 Å². The molecule has 1 N–H and O–H groups in total. The minimum Gasteiger partial charge on any atom is -0.465 e. The van der Waals surface area contributed by atoms with Crippen LogP contribution in [0.1, 0.15) is 23.3 Å². The van der Waals surface area contributed by atoms with E-state index in [1.165, 1.54) is 4.90 Å². The summed E-state index contributed by atoms with van der Waals surface area (Å²) in [5.74, 6) is -0.133. The van der Waals surface area contributed by atoms with Crippen molar-refractivity contribution in [2.45, 2.75) is 24.9 Å². The van der Waals surface area contributed by atoms with E-state index in [1.807, 2.05) is 18.3 Å². The number of carbonyl (C=O) groups is 2. The largest absolute Gasteiger partial charge is 0.465 e. The van der Waals surface area contributed by atoms with Crippen LogP contribution >= 0.6 is 15.9 Å². The third-order valence-corrected chi connectivity index (χ3v) is 5.12. The molecular formula is C15H15BrN4O3. The number of carbonyl (C=O) groups excluding carboxylic acids is 1. The molecule has 0 spiro atoms. The van der Waals surface area contributed by atoms with E-state index in [0.717, 1.165) is 17.3 Å². The predicted octanol–water partition coefficient (Wildman–Crippen LogP) is 2.06. The Balaban J connectivity index is 1.58. The lowest BCUT2D eigenvalue weighted by Crippen LogP contribution is -2.56. The van der Waals surface area contributed by atoms with Gasteiger partial charge in [-0.15, -0.1) is 0 Å². The molecule has 2 aromatic rings. The van der Waals surface area contributed by atoms with E-state index in [4.69, 9.17) is 0 Å². The summed E-state index contributed by atoms with van der Waals surface area (Å²) in [6.07, 6.45) is 4.31. The van der Waals surface area contributed by atoms with Gasteiger partial charge in [-0.3, -0.25) is 9.69 Å². The van der Waals surface area contributed by atoms with Gasteiger partial charge in [0, 0.05) is 30.0 Å². The van der Waals surface area contributed by atoms with Crippen LogP contribution in [0.25, 0.3) is 5.65 Å².